The second kappa shape index (κ2) is 3.51. The minimum Gasteiger partial charge on any atom is -0.466 e. The van der Waals surface area contributed by atoms with Gasteiger partial charge in [0, 0.05) is 4.32 Å². The molecule has 0 aromatic rings. The molecule has 0 N–H and O–H groups in total. The average molecular weight is 261 g/mol. The molecule has 2 nitrogen and oxygen atoms in total. The zero-order chi connectivity index (χ0) is 10.2. The number of ether oxygens (including phenoxy) is 1. The minimum atomic E-state index is -0.120. The van der Waals surface area contributed by atoms with Crippen molar-refractivity contribution in [1.29, 1.82) is 0 Å². The van der Waals surface area contributed by atoms with E-state index in [0.29, 0.717) is 10.9 Å². The van der Waals surface area contributed by atoms with Gasteiger partial charge in [-0.25, -0.2) is 0 Å². The van der Waals surface area contributed by atoms with E-state index >= 15 is 0 Å². The van der Waals surface area contributed by atoms with Gasteiger partial charge in [0.1, 0.15) is 0 Å². The third-order valence-electron chi connectivity index (χ3n) is 3.86. The van der Waals surface area contributed by atoms with Gasteiger partial charge in [0.15, 0.2) is 0 Å². The first-order valence-corrected chi connectivity index (χ1v) is 6.26. The largest absolute Gasteiger partial charge is 0.466 e. The predicted molar refractivity (Wildman–Crippen MR) is 58.4 cm³/mol. The smallest absolute Gasteiger partial charge is 0.312 e. The summed E-state index contributed by atoms with van der Waals surface area (Å²) in [6.07, 6.45) is 6.43. The fraction of sp³-hybridized carbons (Fsp3) is 0.909. The Bertz CT molecular complexity index is 225. The van der Waals surface area contributed by atoms with Gasteiger partial charge in [-0.3, -0.25) is 4.79 Å². The minimum absolute atomic E-state index is 0.0502. The van der Waals surface area contributed by atoms with Gasteiger partial charge in [0.25, 0.3) is 0 Å². The third-order valence-corrected chi connectivity index (χ3v) is 5.05. The molecule has 0 aromatic heterocycles. The number of fused-ring (bicyclic) bond motifs is 3. The van der Waals surface area contributed by atoms with E-state index in [0.717, 1.165) is 38.5 Å². The fourth-order valence-electron chi connectivity index (χ4n) is 2.73. The van der Waals surface area contributed by atoms with Crippen LogP contribution in [0.2, 0.25) is 0 Å². The van der Waals surface area contributed by atoms with Crippen LogP contribution in [-0.4, -0.2) is 16.9 Å². The summed E-state index contributed by atoms with van der Waals surface area (Å²) in [4.78, 5) is 11.8. The lowest BCUT2D eigenvalue weighted by Gasteiger charge is -2.49. The van der Waals surface area contributed by atoms with Crippen LogP contribution < -0.4 is 0 Å². The number of carbonyl (C=O) groups is 1. The van der Waals surface area contributed by atoms with Gasteiger partial charge in [-0.2, -0.15) is 0 Å². The number of alkyl halides is 1. The molecule has 3 heteroatoms. The Morgan fingerprint density at radius 2 is 1.71 bits per heavy atom. The second-order valence-corrected chi connectivity index (χ2v) is 6.33. The molecule has 0 aromatic carbocycles. The summed E-state index contributed by atoms with van der Waals surface area (Å²) in [5.41, 5.74) is -0.120. The van der Waals surface area contributed by atoms with Gasteiger partial charge >= 0.3 is 5.97 Å². The molecule has 3 rings (SSSR count). The summed E-state index contributed by atoms with van der Waals surface area (Å²) in [6.45, 7) is 2.40. The van der Waals surface area contributed by atoms with E-state index in [4.69, 9.17) is 4.74 Å². The number of hydrogen-bond acceptors (Lipinski definition) is 2. The number of rotatable bonds is 2. The highest BCUT2D eigenvalue weighted by Gasteiger charge is 2.52. The molecule has 0 spiro atoms. The summed E-state index contributed by atoms with van der Waals surface area (Å²) in [6, 6.07) is 0. The van der Waals surface area contributed by atoms with Crippen LogP contribution in [0.3, 0.4) is 0 Å². The van der Waals surface area contributed by atoms with Crippen LogP contribution in [0.15, 0.2) is 0 Å². The summed E-state index contributed by atoms with van der Waals surface area (Å²) >= 11 is 3.79. The lowest BCUT2D eigenvalue weighted by atomic mass is 9.60. The Morgan fingerprint density at radius 3 is 2.14 bits per heavy atom. The van der Waals surface area contributed by atoms with Crippen molar-refractivity contribution in [2.45, 2.75) is 49.8 Å². The van der Waals surface area contributed by atoms with Crippen molar-refractivity contribution in [3.8, 4) is 0 Å². The van der Waals surface area contributed by atoms with Crippen LogP contribution >= 0.6 is 15.9 Å². The van der Waals surface area contributed by atoms with Gasteiger partial charge in [0.2, 0.25) is 0 Å². The lowest BCUT2D eigenvalue weighted by molar-refractivity contribution is -0.161. The monoisotopic (exact) mass is 260 g/mol. The molecular weight excluding hydrogens is 244 g/mol. The highest BCUT2D eigenvalue weighted by atomic mass is 79.9. The van der Waals surface area contributed by atoms with Gasteiger partial charge in [-0.15, -0.1) is 0 Å². The average Bonchev–Trinajstić information content (AvgIpc) is 2.20. The molecular formula is C11H17BrO2. The number of carbonyl (C=O) groups excluding carboxylic acids is 1. The molecule has 0 saturated heterocycles. The summed E-state index contributed by atoms with van der Waals surface area (Å²) in [7, 11) is 0. The molecule has 0 amide bonds. The van der Waals surface area contributed by atoms with Gasteiger partial charge in [-0.05, 0) is 45.4 Å². The van der Waals surface area contributed by atoms with E-state index < -0.39 is 0 Å². The highest BCUT2D eigenvalue weighted by Crippen LogP contribution is 2.56. The Labute approximate surface area is 93.5 Å². The molecule has 0 unspecified atom stereocenters. The topological polar surface area (TPSA) is 26.3 Å². The Morgan fingerprint density at radius 1 is 1.21 bits per heavy atom. The van der Waals surface area contributed by atoms with Gasteiger partial charge < -0.3 is 4.74 Å². The van der Waals surface area contributed by atoms with E-state index in [2.05, 4.69) is 15.9 Å². The molecule has 14 heavy (non-hydrogen) atoms. The van der Waals surface area contributed by atoms with Crippen LogP contribution in [0.25, 0.3) is 0 Å². The van der Waals surface area contributed by atoms with Crippen molar-refractivity contribution in [1.82, 2.24) is 0 Å². The molecule has 2 bridgehead atoms. The van der Waals surface area contributed by atoms with Gasteiger partial charge in [0.05, 0.1) is 12.0 Å². The number of halogens is 1. The maximum Gasteiger partial charge on any atom is 0.312 e. The first kappa shape index (κ1) is 10.5. The zero-order valence-corrected chi connectivity index (χ0v) is 10.2. The quantitative estimate of drug-likeness (QED) is 0.564. The van der Waals surface area contributed by atoms with Crippen molar-refractivity contribution in [2.24, 2.45) is 5.41 Å². The first-order chi connectivity index (χ1) is 6.60. The maximum absolute atomic E-state index is 11.8. The summed E-state index contributed by atoms with van der Waals surface area (Å²) in [5.74, 6) is 0.0502. The van der Waals surface area contributed by atoms with Crippen LogP contribution in [0.4, 0.5) is 0 Å². The van der Waals surface area contributed by atoms with E-state index in [-0.39, 0.29) is 11.4 Å². The zero-order valence-electron chi connectivity index (χ0n) is 8.64. The summed E-state index contributed by atoms with van der Waals surface area (Å²) in [5, 5.41) is 0. The first-order valence-electron chi connectivity index (χ1n) is 5.46. The van der Waals surface area contributed by atoms with Crippen LogP contribution in [0.1, 0.15) is 45.4 Å². The van der Waals surface area contributed by atoms with Crippen LogP contribution in [0, 0.1) is 5.41 Å². The third kappa shape index (κ3) is 1.60. The molecule has 0 atom stereocenters. The second-order valence-electron chi connectivity index (χ2n) is 4.65. The molecule has 3 saturated carbocycles. The highest BCUT2D eigenvalue weighted by molar-refractivity contribution is 9.10. The van der Waals surface area contributed by atoms with Crippen molar-refractivity contribution >= 4 is 21.9 Å². The normalized spacial score (nSPS) is 41.0. The van der Waals surface area contributed by atoms with Crippen molar-refractivity contribution in [3.05, 3.63) is 0 Å². The molecule has 3 aliphatic rings. The Kier molecular flexibility index (Phi) is 2.63. The Hall–Kier alpha value is -0.0500. The van der Waals surface area contributed by atoms with Crippen LogP contribution in [0.5, 0.6) is 0 Å². The number of esters is 1. The van der Waals surface area contributed by atoms with E-state index in [1.807, 2.05) is 6.92 Å². The molecule has 0 heterocycles. The standard InChI is InChI=1S/C11H17BrO2/c1-2-14-9(13)10-3-6-11(12,7-4-10)8-5-10/h2-8H2,1H3. The SMILES string of the molecule is CCOC(=O)C12CCC(Br)(CC1)CC2. The molecule has 80 valence electrons. The predicted octanol–water partition coefficient (Wildman–Crippen LogP) is 3.04. The maximum atomic E-state index is 11.8. The van der Waals surface area contributed by atoms with Crippen molar-refractivity contribution in [2.75, 3.05) is 6.61 Å². The lowest BCUT2D eigenvalue weighted by Crippen LogP contribution is -2.47. The van der Waals surface area contributed by atoms with Crippen molar-refractivity contribution < 1.29 is 9.53 Å². The number of hydrogen-bond donors (Lipinski definition) is 0. The molecule has 0 aliphatic heterocycles. The summed E-state index contributed by atoms with van der Waals surface area (Å²) < 4.78 is 5.53. The van der Waals surface area contributed by atoms with Crippen LogP contribution in [-0.2, 0) is 9.53 Å². The van der Waals surface area contributed by atoms with E-state index in [1.54, 1.807) is 0 Å². The van der Waals surface area contributed by atoms with E-state index in [9.17, 15) is 4.79 Å². The molecule has 0 radical (unpaired) electrons. The van der Waals surface area contributed by atoms with Crippen molar-refractivity contribution in [3.63, 3.8) is 0 Å². The fourth-order valence-corrected chi connectivity index (χ4v) is 3.33. The molecule has 3 fully saturated rings. The van der Waals surface area contributed by atoms with Gasteiger partial charge in [-0.1, -0.05) is 15.9 Å². The Balaban J connectivity index is 2.08. The molecule has 3 aliphatic carbocycles. The van der Waals surface area contributed by atoms with E-state index in [1.165, 1.54) is 0 Å².